The van der Waals surface area contributed by atoms with E-state index in [0.29, 0.717) is 13.1 Å². The molecule has 5 heteroatoms. The topological polar surface area (TPSA) is 56.9 Å². The first kappa shape index (κ1) is 13.1. The second-order valence-electron chi connectivity index (χ2n) is 4.78. The van der Waals surface area contributed by atoms with Crippen molar-refractivity contribution in [2.24, 2.45) is 0 Å². The summed E-state index contributed by atoms with van der Waals surface area (Å²) in [5.41, 5.74) is 0. The van der Waals surface area contributed by atoms with Gasteiger partial charge in [0.2, 0.25) is 5.91 Å². The van der Waals surface area contributed by atoms with Gasteiger partial charge < -0.3 is 14.4 Å². The molecule has 18 heavy (non-hydrogen) atoms. The molecule has 1 aromatic rings. The number of furan rings is 1. The van der Waals surface area contributed by atoms with Crippen molar-refractivity contribution in [1.29, 1.82) is 0 Å². The Morgan fingerprint density at radius 1 is 1.67 bits per heavy atom. The fraction of sp³-hybridized carbons (Fsp3) is 0.615. The lowest BCUT2D eigenvalue weighted by molar-refractivity contribution is -0.132. The summed E-state index contributed by atoms with van der Waals surface area (Å²) in [5.74, 6) is 0.845. The number of nitrogens with zero attached hydrogens (tertiary/aromatic N) is 2. The number of rotatable bonds is 5. The summed E-state index contributed by atoms with van der Waals surface area (Å²) in [6, 6.07) is 3.82. The zero-order valence-electron chi connectivity index (χ0n) is 10.7. The third-order valence-electron chi connectivity index (χ3n) is 3.45. The van der Waals surface area contributed by atoms with E-state index in [1.165, 1.54) is 0 Å². The van der Waals surface area contributed by atoms with Crippen LogP contribution < -0.4 is 0 Å². The lowest BCUT2D eigenvalue weighted by Gasteiger charge is -2.24. The van der Waals surface area contributed by atoms with Crippen molar-refractivity contribution in [3.8, 4) is 0 Å². The molecule has 5 nitrogen and oxygen atoms in total. The maximum atomic E-state index is 12.0. The Bertz CT molecular complexity index is 378. The highest BCUT2D eigenvalue weighted by Gasteiger charge is 2.26. The van der Waals surface area contributed by atoms with Crippen molar-refractivity contribution in [3.63, 3.8) is 0 Å². The Kier molecular flexibility index (Phi) is 4.38. The Morgan fingerprint density at radius 3 is 3.17 bits per heavy atom. The molecule has 1 fully saturated rings. The number of carbonyl (C=O) groups excluding carboxylic acids is 1. The molecule has 1 amide bonds. The molecule has 0 saturated carbocycles. The van der Waals surface area contributed by atoms with Crippen molar-refractivity contribution in [2.75, 3.05) is 26.7 Å². The number of likely N-dealkylation sites (tertiary alicyclic amines) is 1. The smallest absolute Gasteiger partial charge is 0.236 e. The standard InChI is InChI=1S/C13H20N2O3/c1-14(8-12-5-3-7-18-12)13(17)9-15-6-2-4-11(15)10-16/h3,5,7,11,16H,2,4,6,8-10H2,1H3/t11-/m0/s1. The van der Waals surface area contributed by atoms with E-state index in [1.807, 2.05) is 12.1 Å². The molecule has 0 unspecified atom stereocenters. The monoisotopic (exact) mass is 252 g/mol. The predicted octanol–water partition coefficient (Wildman–Crippen LogP) is 0.695. The SMILES string of the molecule is CN(Cc1ccco1)C(=O)CN1CCC[C@H]1CO. The van der Waals surface area contributed by atoms with Gasteiger partial charge in [-0.2, -0.15) is 0 Å². The summed E-state index contributed by atoms with van der Waals surface area (Å²) < 4.78 is 5.22. The van der Waals surface area contributed by atoms with E-state index >= 15 is 0 Å². The van der Waals surface area contributed by atoms with Crippen LogP contribution in [-0.4, -0.2) is 53.6 Å². The Balaban J connectivity index is 1.83. The number of aliphatic hydroxyl groups is 1. The first-order valence-corrected chi connectivity index (χ1v) is 6.32. The number of amides is 1. The number of hydrogen-bond donors (Lipinski definition) is 1. The summed E-state index contributed by atoms with van der Waals surface area (Å²) in [6.07, 6.45) is 3.64. The van der Waals surface area contributed by atoms with E-state index in [0.717, 1.165) is 25.1 Å². The third kappa shape index (κ3) is 3.11. The molecule has 100 valence electrons. The van der Waals surface area contributed by atoms with Gasteiger partial charge in [0.15, 0.2) is 0 Å². The zero-order valence-corrected chi connectivity index (χ0v) is 10.7. The summed E-state index contributed by atoms with van der Waals surface area (Å²) in [6.45, 7) is 1.90. The van der Waals surface area contributed by atoms with Crippen molar-refractivity contribution >= 4 is 5.91 Å². The molecule has 0 aliphatic carbocycles. The molecule has 0 bridgehead atoms. The lowest BCUT2D eigenvalue weighted by Crippen LogP contribution is -2.41. The first-order chi connectivity index (χ1) is 8.70. The molecule has 1 aliphatic rings. The van der Waals surface area contributed by atoms with Crippen LogP contribution in [0.3, 0.4) is 0 Å². The van der Waals surface area contributed by atoms with Gasteiger partial charge in [-0.25, -0.2) is 0 Å². The highest BCUT2D eigenvalue weighted by atomic mass is 16.3. The number of aliphatic hydroxyl groups excluding tert-OH is 1. The van der Waals surface area contributed by atoms with E-state index < -0.39 is 0 Å². The summed E-state index contributed by atoms with van der Waals surface area (Å²) in [7, 11) is 1.77. The highest BCUT2D eigenvalue weighted by Crippen LogP contribution is 2.16. The van der Waals surface area contributed by atoms with Gasteiger partial charge in [-0.15, -0.1) is 0 Å². The molecule has 1 aliphatic heterocycles. The molecule has 1 atom stereocenters. The molecule has 1 aromatic heterocycles. The van der Waals surface area contributed by atoms with Crippen LogP contribution in [0.2, 0.25) is 0 Å². The molecule has 0 aromatic carbocycles. The van der Waals surface area contributed by atoms with Crippen LogP contribution >= 0.6 is 0 Å². The van der Waals surface area contributed by atoms with E-state index in [2.05, 4.69) is 4.90 Å². The van der Waals surface area contributed by atoms with E-state index in [-0.39, 0.29) is 18.6 Å². The van der Waals surface area contributed by atoms with E-state index in [4.69, 9.17) is 4.42 Å². The van der Waals surface area contributed by atoms with Crippen LogP contribution in [0.15, 0.2) is 22.8 Å². The van der Waals surface area contributed by atoms with Crippen LogP contribution in [0.1, 0.15) is 18.6 Å². The summed E-state index contributed by atoms with van der Waals surface area (Å²) >= 11 is 0. The minimum atomic E-state index is 0.0618. The zero-order chi connectivity index (χ0) is 13.0. The number of likely N-dealkylation sites (N-methyl/N-ethyl adjacent to an activating group) is 1. The lowest BCUT2D eigenvalue weighted by atomic mass is 10.2. The minimum absolute atomic E-state index is 0.0618. The summed E-state index contributed by atoms with van der Waals surface area (Å²) in [5, 5.41) is 9.21. The van der Waals surface area contributed by atoms with E-state index in [1.54, 1.807) is 18.2 Å². The molecule has 0 radical (unpaired) electrons. The minimum Gasteiger partial charge on any atom is -0.467 e. The second kappa shape index (κ2) is 6.02. The molecule has 0 spiro atoms. The van der Waals surface area contributed by atoms with Crippen molar-refractivity contribution in [3.05, 3.63) is 24.2 Å². The molecular formula is C13H20N2O3. The van der Waals surface area contributed by atoms with Crippen LogP contribution in [0.5, 0.6) is 0 Å². The van der Waals surface area contributed by atoms with Gasteiger partial charge in [0.05, 0.1) is 26.0 Å². The van der Waals surface area contributed by atoms with Gasteiger partial charge in [0.25, 0.3) is 0 Å². The number of hydrogen-bond acceptors (Lipinski definition) is 4. The Hall–Kier alpha value is -1.33. The maximum absolute atomic E-state index is 12.0. The Morgan fingerprint density at radius 2 is 2.50 bits per heavy atom. The molecule has 1 N–H and O–H groups in total. The van der Waals surface area contributed by atoms with Gasteiger partial charge in [-0.05, 0) is 31.5 Å². The fourth-order valence-corrected chi connectivity index (χ4v) is 2.33. The van der Waals surface area contributed by atoms with Crippen molar-refractivity contribution in [2.45, 2.75) is 25.4 Å². The van der Waals surface area contributed by atoms with Crippen LogP contribution in [0, 0.1) is 0 Å². The summed E-state index contributed by atoms with van der Waals surface area (Å²) in [4.78, 5) is 15.8. The van der Waals surface area contributed by atoms with Gasteiger partial charge in [-0.3, -0.25) is 9.69 Å². The van der Waals surface area contributed by atoms with Crippen LogP contribution in [-0.2, 0) is 11.3 Å². The van der Waals surface area contributed by atoms with E-state index in [9.17, 15) is 9.90 Å². The van der Waals surface area contributed by atoms with Crippen LogP contribution in [0.25, 0.3) is 0 Å². The predicted molar refractivity (Wildman–Crippen MR) is 66.9 cm³/mol. The molecule has 2 heterocycles. The highest BCUT2D eigenvalue weighted by molar-refractivity contribution is 5.78. The van der Waals surface area contributed by atoms with Crippen LogP contribution in [0.4, 0.5) is 0 Å². The van der Waals surface area contributed by atoms with Gasteiger partial charge in [-0.1, -0.05) is 0 Å². The largest absolute Gasteiger partial charge is 0.467 e. The third-order valence-corrected chi connectivity index (χ3v) is 3.45. The average molecular weight is 252 g/mol. The maximum Gasteiger partial charge on any atom is 0.236 e. The molecular weight excluding hydrogens is 232 g/mol. The van der Waals surface area contributed by atoms with Gasteiger partial charge in [0.1, 0.15) is 5.76 Å². The van der Waals surface area contributed by atoms with Crippen molar-refractivity contribution in [1.82, 2.24) is 9.80 Å². The Labute approximate surface area is 107 Å². The van der Waals surface area contributed by atoms with Crippen molar-refractivity contribution < 1.29 is 14.3 Å². The quantitative estimate of drug-likeness (QED) is 0.838. The second-order valence-corrected chi connectivity index (χ2v) is 4.78. The fourth-order valence-electron chi connectivity index (χ4n) is 2.33. The van der Waals surface area contributed by atoms with Gasteiger partial charge in [0, 0.05) is 13.1 Å². The van der Waals surface area contributed by atoms with Gasteiger partial charge >= 0.3 is 0 Å². The normalized spacial score (nSPS) is 20.2. The average Bonchev–Trinajstić information content (AvgIpc) is 2.99. The number of carbonyl (C=O) groups is 1. The first-order valence-electron chi connectivity index (χ1n) is 6.32. The molecule has 2 rings (SSSR count). The molecule has 1 saturated heterocycles.